The number of aromatic nitrogens is 4. The monoisotopic (exact) mass is 740 g/mol. The average molecular weight is 741 g/mol. The van der Waals surface area contributed by atoms with Crippen molar-refractivity contribution in [1.82, 2.24) is 19.9 Å². The fourth-order valence-corrected chi connectivity index (χ4v) is 9.33. The summed E-state index contributed by atoms with van der Waals surface area (Å²) in [5, 5.41) is 4.46. The third kappa shape index (κ3) is 4.77. The van der Waals surface area contributed by atoms with Crippen molar-refractivity contribution < 1.29 is 4.74 Å². The molecule has 0 amide bonds. The average Bonchev–Trinajstić information content (AvgIpc) is 3.59. The Morgan fingerprint density at radius 2 is 0.879 bits per heavy atom. The van der Waals surface area contributed by atoms with Crippen molar-refractivity contribution in [2.24, 2.45) is 0 Å². The minimum atomic E-state index is -0.618. The Morgan fingerprint density at radius 3 is 1.62 bits per heavy atom. The molecule has 1 spiro atoms. The van der Waals surface area contributed by atoms with Gasteiger partial charge in [-0.1, -0.05) is 170 Å². The molecule has 0 radical (unpaired) electrons. The molecule has 5 heteroatoms. The summed E-state index contributed by atoms with van der Waals surface area (Å²) < 4.78 is 7.13. The summed E-state index contributed by atoms with van der Waals surface area (Å²) in [6, 6.07) is 63.9. The number of nitrogens with zero attached hydrogens (tertiary/aromatic N) is 4. The molecular formula is C53H32N4O. The lowest BCUT2D eigenvalue weighted by atomic mass is 9.66. The first kappa shape index (κ1) is 32.5. The highest BCUT2D eigenvalue weighted by Crippen LogP contribution is 2.62. The molecule has 0 unspecified atom stereocenters. The van der Waals surface area contributed by atoms with E-state index in [4.69, 9.17) is 19.7 Å². The van der Waals surface area contributed by atoms with Crippen LogP contribution >= 0.6 is 0 Å². The maximum absolute atomic E-state index is 7.13. The first-order chi connectivity index (χ1) is 28.7. The molecule has 0 N–H and O–H groups in total. The molecule has 12 rings (SSSR count). The molecule has 10 aromatic rings. The van der Waals surface area contributed by atoms with E-state index in [2.05, 4.69) is 157 Å². The highest BCUT2D eigenvalue weighted by atomic mass is 16.5. The molecule has 5 nitrogen and oxygen atoms in total. The molecule has 8 aromatic carbocycles. The predicted molar refractivity (Wildman–Crippen MR) is 232 cm³/mol. The lowest BCUT2D eigenvalue weighted by Crippen LogP contribution is -2.32. The SMILES string of the molecule is c1ccc(-c2nc(-c3ccc4c(c3)Oc3cc(-c5cncc6ccccc56)ccc3C43c4ccccc4-c4ccccc43)nc(-c3cccc4ccccc34)n2)cc1. The number of rotatable bonds is 4. The van der Waals surface area contributed by atoms with Gasteiger partial charge in [-0.2, -0.15) is 0 Å². The van der Waals surface area contributed by atoms with E-state index in [9.17, 15) is 0 Å². The van der Waals surface area contributed by atoms with E-state index in [1.54, 1.807) is 0 Å². The quantitative estimate of drug-likeness (QED) is 0.180. The van der Waals surface area contributed by atoms with Crippen LogP contribution in [0.1, 0.15) is 22.3 Å². The van der Waals surface area contributed by atoms with Gasteiger partial charge >= 0.3 is 0 Å². The van der Waals surface area contributed by atoms with Crippen LogP contribution in [0.4, 0.5) is 0 Å². The third-order valence-electron chi connectivity index (χ3n) is 11.9. The van der Waals surface area contributed by atoms with Crippen molar-refractivity contribution in [3.63, 3.8) is 0 Å². The summed E-state index contributed by atoms with van der Waals surface area (Å²) in [5.74, 6) is 3.37. The van der Waals surface area contributed by atoms with Crippen LogP contribution in [0.3, 0.4) is 0 Å². The van der Waals surface area contributed by atoms with Crippen LogP contribution in [0.5, 0.6) is 11.5 Å². The summed E-state index contributed by atoms with van der Waals surface area (Å²) in [5.41, 5.74) is 11.3. The third-order valence-corrected chi connectivity index (χ3v) is 11.9. The summed E-state index contributed by atoms with van der Waals surface area (Å²) in [6.45, 7) is 0. The minimum Gasteiger partial charge on any atom is -0.457 e. The molecule has 1 aliphatic heterocycles. The Balaban J connectivity index is 1.10. The maximum atomic E-state index is 7.13. The smallest absolute Gasteiger partial charge is 0.164 e. The van der Waals surface area contributed by atoms with Crippen LogP contribution in [0.25, 0.3) is 78.0 Å². The molecule has 2 aromatic heterocycles. The number of pyridine rings is 1. The van der Waals surface area contributed by atoms with Crippen molar-refractivity contribution in [2.45, 2.75) is 5.41 Å². The maximum Gasteiger partial charge on any atom is 0.164 e. The van der Waals surface area contributed by atoms with Crippen LogP contribution in [0.2, 0.25) is 0 Å². The van der Waals surface area contributed by atoms with Gasteiger partial charge in [0.2, 0.25) is 0 Å². The number of ether oxygens (including phenoxy) is 1. The molecule has 58 heavy (non-hydrogen) atoms. The van der Waals surface area contributed by atoms with Crippen LogP contribution < -0.4 is 4.74 Å². The van der Waals surface area contributed by atoms with E-state index in [-0.39, 0.29) is 0 Å². The van der Waals surface area contributed by atoms with E-state index in [0.29, 0.717) is 17.5 Å². The minimum absolute atomic E-state index is 0.575. The van der Waals surface area contributed by atoms with Crippen molar-refractivity contribution in [3.8, 4) is 67.9 Å². The largest absolute Gasteiger partial charge is 0.457 e. The molecule has 0 atom stereocenters. The van der Waals surface area contributed by atoms with Gasteiger partial charge in [0.05, 0.1) is 5.41 Å². The zero-order valence-corrected chi connectivity index (χ0v) is 31.2. The highest BCUT2D eigenvalue weighted by molar-refractivity contribution is 5.97. The van der Waals surface area contributed by atoms with Gasteiger partial charge < -0.3 is 4.74 Å². The van der Waals surface area contributed by atoms with Crippen LogP contribution in [-0.2, 0) is 5.41 Å². The van der Waals surface area contributed by atoms with E-state index in [1.165, 1.54) is 22.3 Å². The van der Waals surface area contributed by atoms with E-state index < -0.39 is 5.41 Å². The summed E-state index contributed by atoms with van der Waals surface area (Å²) in [7, 11) is 0. The predicted octanol–water partition coefficient (Wildman–Crippen LogP) is 12.7. The zero-order chi connectivity index (χ0) is 38.2. The molecule has 0 fully saturated rings. The van der Waals surface area contributed by atoms with Gasteiger partial charge in [0.15, 0.2) is 17.5 Å². The fraction of sp³-hybridized carbons (Fsp3) is 0.0189. The van der Waals surface area contributed by atoms with Crippen molar-refractivity contribution in [1.29, 1.82) is 0 Å². The van der Waals surface area contributed by atoms with Crippen molar-refractivity contribution in [3.05, 3.63) is 217 Å². The van der Waals surface area contributed by atoms with E-state index >= 15 is 0 Å². The van der Waals surface area contributed by atoms with Gasteiger partial charge in [-0.25, -0.2) is 15.0 Å². The molecule has 270 valence electrons. The van der Waals surface area contributed by atoms with Gasteiger partial charge in [0, 0.05) is 51.2 Å². The second-order valence-corrected chi connectivity index (χ2v) is 15.0. The standard InChI is InChI=1S/C53H32N4O/c1-2-14-34(15-3-1)50-55-51(57-52(56-50)42-22-12-17-33-13-4-6-18-38(33)42)36-26-28-47-49(30-36)58-48-29-35(43-32-54-31-37-16-5-7-19-39(37)43)25-27-46(48)53(47)44-23-10-8-20-40(44)41-21-9-11-24-45(41)53/h1-32H. The second kappa shape index (κ2) is 12.6. The molecule has 0 bridgehead atoms. The fourth-order valence-electron chi connectivity index (χ4n) is 9.33. The number of benzene rings is 8. The normalized spacial score (nSPS) is 13.1. The van der Waals surface area contributed by atoms with Gasteiger partial charge in [-0.15, -0.1) is 0 Å². The number of hydrogen-bond acceptors (Lipinski definition) is 5. The van der Waals surface area contributed by atoms with Crippen LogP contribution in [-0.4, -0.2) is 19.9 Å². The zero-order valence-electron chi connectivity index (χ0n) is 31.2. The topological polar surface area (TPSA) is 60.8 Å². The highest BCUT2D eigenvalue weighted by Gasteiger charge is 2.51. The first-order valence-corrected chi connectivity index (χ1v) is 19.5. The summed E-state index contributed by atoms with van der Waals surface area (Å²) >= 11 is 0. The molecule has 2 aliphatic rings. The summed E-state index contributed by atoms with van der Waals surface area (Å²) in [6.07, 6.45) is 3.87. The van der Waals surface area contributed by atoms with Gasteiger partial charge in [0.1, 0.15) is 11.5 Å². The Morgan fingerprint density at radius 1 is 0.345 bits per heavy atom. The van der Waals surface area contributed by atoms with Crippen molar-refractivity contribution >= 4 is 21.5 Å². The second-order valence-electron chi connectivity index (χ2n) is 15.0. The van der Waals surface area contributed by atoms with E-state index in [0.717, 1.165) is 72.0 Å². The number of hydrogen-bond donors (Lipinski definition) is 0. The molecule has 3 heterocycles. The molecular weight excluding hydrogens is 709 g/mol. The van der Waals surface area contributed by atoms with Crippen molar-refractivity contribution in [2.75, 3.05) is 0 Å². The van der Waals surface area contributed by atoms with Crippen LogP contribution in [0, 0.1) is 0 Å². The number of fused-ring (bicyclic) bond motifs is 11. The van der Waals surface area contributed by atoms with Gasteiger partial charge in [0.25, 0.3) is 0 Å². The first-order valence-electron chi connectivity index (χ1n) is 19.5. The Bertz CT molecular complexity index is 3230. The lowest BCUT2D eigenvalue weighted by molar-refractivity contribution is 0.437. The van der Waals surface area contributed by atoms with Gasteiger partial charge in [-0.3, -0.25) is 4.98 Å². The van der Waals surface area contributed by atoms with Gasteiger partial charge in [-0.05, 0) is 56.1 Å². The van der Waals surface area contributed by atoms with Crippen LogP contribution in [0.15, 0.2) is 194 Å². The molecule has 0 saturated carbocycles. The Hall–Kier alpha value is -7.76. The lowest BCUT2D eigenvalue weighted by Gasteiger charge is -2.39. The molecule has 1 aliphatic carbocycles. The summed E-state index contributed by atoms with van der Waals surface area (Å²) in [4.78, 5) is 20.0. The molecule has 0 saturated heterocycles. The Kier molecular flexibility index (Phi) is 7.07. The Labute approximate surface area is 335 Å². The van der Waals surface area contributed by atoms with E-state index in [1.807, 2.05) is 42.7 Å².